The van der Waals surface area contributed by atoms with Gasteiger partial charge in [-0.25, -0.2) is 4.39 Å². The zero-order chi connectivity index (χ0) is 9.52. The summed E-state index contributed by atoms with van der Waals surface area (Å²) in [6.45, 7) is 0. The van der Waals surface area contributed by atoms with Crippen molar-refractivity contribution in [3.05, 3.63) is 35.9 Å². The first-order valence-corrected chi connectivity index (χ1v) is 5.52. The number of halogens is 2. The van der Waals surface area contributed by atoms with Gasteiger partial charge in [-0.2, -0.15) is 0 Å². The molecule has 0 N–H and O–H groups in total. The minimum absolute atomic E-state index is 0.618. The number of aryl methyl sites for hydroxylation is 1. The summed E-state index contributed by atoms with van der Waals surface area (Å²) in [5.74, 6) is 0. The maximum Gasteiger partial charge on any atom is 0.154 e. The number of unbranched alkanes of at least 4 members (excludes halogenated alkanes) is 1. The van der Waals surface area contributed by atoms with E-state index in [0.717, 1.165) is 19.3 Å². The Kier molecular flexibility index (Phi) is 5.06. The van der Waals surface area contributed by atoms with Crippen molar-refractivity contribution in [1.82, 2.24) is 0 Å². The molecule has 0 amide bonds. The minimum atomic E-state index is -0.830. The topological polar surface area (TPSA) is 0 Å². The Morgan fingerprint density at radius 2 is 1.85 bits per heavy atom. The van der Waals surface area contributed by atoms with E-state index in [0.29, 0.717) is 6.42 Å². The summed E-state index contributed by atoms with van der Waals surface area (Å²) >= 11 is 2.89. The Morgan fingerprint density at radius 3 is 2.46 bits per heavy atom. The summed E-state index contributed by atoms with van der Waals surface area (Å²) in [7, 11) is 0. The third kappa shape index (κ3) is 5.04. The molecule has 0 heterocycles. The molecule has 72 valence electrons. The fraction of sp³-hybridized carbons (Fsp3) is 0.455. The summed E-state index contributed by atoms with van der Waals surface area (Å²) < 4.78 is 12.3. The van der Waals surface area contributed by atoms with Crippen LogP contribution in [0.15, 0.2) is 30.3 Å². The second kappa shape index (κ2) is 6.14. The number of hydrogen-bond donors (Lipinski definition) is 0. The van der Waals surface area contributed by atoms with Crippen LogP contribution < -0.4 is 0 Å². The van der Waals surface area contributed by atoms with Crippen molar-refractivity contribution < 1.29 is 4.39 Å². The molecule has 0 fully saturated rings. The lowest BCUT2D eigenvalue weighted by atomic mass is 10.1. The van der Waals surface area contributed by atoms with Gasteiger partial charge in [0.15, 0.2) is 5.08 Å². The normalized spacial score (nSPS) is 12.8. The fourth-order valence-corrected chi connectivity index (χ4v) is 1.60. The smallest absolute Gasteiger partial charge is 0.154 e. The first kappa shape index (κ1) is 10.7. The quantitative estimate of drug-likeness (QED) is 0.541. The van der Waals surface area contributed by atoms with Crippen LogP contribution in [0.2, 0.25) is 0 Å². The van der Waals surface area contributed by atoms with Gasteiger partial charge in [-0.15, -0.1) is 0 Å². The third-order valence-electron chi connectivity index (χ3n) is 1.98. The standard InChI is InChI=1S/C11H14BrF/c12-11(13)9-5-4-8-10-6-2-1-3-7-10/h1-3,6-7,11H,4-5,8-9H2. The van der Waals surface area contributed by atoms with Gasteiger partial charge in [0.05, 0.1) is 0 Å². The van der Waals surface area contributed by atoms with Gasteiger partial charge in [-0.05, 0) is 31.2 Å². The number of hydrogen-bond acceptors (Lipinski definition) is 0. The first-order chi connectivity index (χ1) is 6.29. The van der Waals surface area contributed by atoms with Gasteiger partial charge in [0.1, 0.15) is 0 Å². The second-order valence-electron chi connectivity index (χ2n) is 3.12. The molecular formula is C11H14BrF. The highest BCUT2D eigenvalue weighted by atomic mass is 79.9. The summed E-state index contributed by atoms with van der Waals surface area (Å²) in [5.41, 5.74) is 1.34. The van der Waals surface area contributed by atoms with E-state index in [-0.39, 0.29) is 0 Å². The molecule has 0 aliphatic heterocycles. The molecular weight excluding hydrogens is 231 g/mol. The molecule has 13 heavy (non-hydrogen) atoms. The SMILES string of the molecule is FC(Br)CCCCc1ccccc1. The highest BCUT2D eigenvalue weighted by Crippen LogP contribution is 2.12. The highest BCUT2D eigenvalue weighted by Gasteiger charge is 1.99. The van der Waals surface area contributed by atoms with Crippen LogP contribution in [0.3, 0.4) is 0 Å². The second-order valence-corrected chi connectivity index (χ2v) is 4.12. The van der Waals surface area contributed by atoms with Crippen LogP contribution in [0.25, 0.3) is 0 Å². The molecule has 1 aromatic rings. The van der Waals surface area contributed by atoms with Crippen molar-refractivity contribution in [2.45, 2.75) is 30.8 Å². The van der Waals surface area contributed by atoms with Crippen molar-refractivity contribution in [2.75, 3.05) is 0 Å². The van der Waals surface area contributed by atoms with Crippen LogP contribution in [0.1, 0.15) is 24.8 Å². The molecule has 0 aliphatic carbocycles. The summed E-state index contributed by atoms with van der Waals surface area (Å²) in [5, 5.41) is -0.830. The van der Waals surface area contributed by atoms with E-state index < -0.39 is 5.08 Å². The molecule has 0 spiro atoms. The van der Waals surface area contributed by atoms with Crippen molar-refractivity contribution in [3.8, 4) is 0 Å². The molecule has 0 nitrogen and oxygen atoms in total. The Morgan fingerprint density at radius 1 is 1.15 bits per heavy atom. The van der Waals surface area contributed by atoms with Crippen LogP contribution in [-0.2, 0) is 6.42 Å². The van der Waals surface area contributed by atoms with E-state index in [1.165, 1.54) is 5.56 Å². The first-order valence-electron chi connectivity index (χ1n) is 4.61. The van der Waals surface area contributed by atoms with E-state index >= 15 is 0 Å². The Balaban J connectivity index is 2.13. The zero-order valence-electron chi connectivity index (χ0n) is 7.55. The van der Waals surface area contributed by atoms with E-state index in [9.17, 15) is 4.39 Å². The van der Waals surface area contributed by atoms with Gasteiger partial charge in [-0.3, -0.25) is 0 Å². The van der Waals surface area contributed by atoms with E-state index in [1.807, 2.05) is 18.2 Å². The fourth-order valence-electron chi connectivity index (χ4n) is 1.27. The molecule has 0 saturated carbocycles. The lowest BCUT2D eigenvalue weighted by Gasteiger charge is -2.01. The predicted octanol–water partition coefficient (Wildman–Crippen LogP) is 4.09. The number of alkyl halides is 2. The van der Waals surface area contributed by atoms with Crippen LogP contribution in [0.4, 0.5) is 4.39 Å². The average molecular weight is 245 g/mol. The summed E-state index contributed by atoms with van der Waals surface area (Å²) in [6, 6.07) is 10.3. The molecule has 1 unspecified atom stereocenters. The van der Waals surface area contributed by atoms with Crippen molar-refractivity contribution >= 4 is 15.9 Å². The molecule has 0 saturated heterocycles. The summed E-state index contributed by atoms with van der Waals surface area (Å²) in [6.07, 6.45) is 3.69. The molecule has 2 heteroatoms. The van der Waals surface area contributed by atoms with Gasteiger partial charge in [0.2, 0.25) is 0 Å². The Bertz CT molecular complexity index is 221. The average Bonchev–Trinajstić information content (AvgIpc) is 2.14. The molecule has 0 bridgehead atoms. The maximum atomic E-state index is 12.3. The number of benzene rings is 1. The molecule has 1 aromatic carbocycles. The predicted molar refractivity (Wildman–Crippen MR) is 57.8 cm³/mol. The minimum Gasteiger partial charge on any atom is -0.235 e. The highest BCUT2D eigenvalue weighted by molar-refractivity contribution is 9.09. The molecule has 1 rings (SSSR count). The van der Waals surface area contributed by atoms with Gasteiger partial charge < -0.3 is 0 Å². The maximum absolute atomic E-state index is 12.3. The third-order valence-corrected chi connectivity index (χ3v) is 2.44. The molecule has 0 aromatic heterocycles. The molecule has 0 aliphatic rings. The lowest BCUT2D eigenvalue weighted by molar-refractivity contribution is 0.424. The monoisotopic (exact) mass is 244 g/mol. The van der Waals surface area contributed by atoms with E-state index in [1.54, 1.807) is 0 Å². The zero-order valence-corrected chi connectivity index (χ0v) is 9.13. The van der Waals surface area contributed by atoms with Crippen molar-refractivity contribution in [1.29, 1.82) is 0 Å². The van der Waals surface area contributed by atoms with Crippen LogP contribution >= 0.6 is 15.9 Å². The van der Waals surface area contributed by atoms with E-state index in [4.69, 9.17) is 0 Å². The Labute approximate surface area is 87.3 Å². The van der Waals surface area contributed by atoms with Gasteiger partial charge >= 0.3 is 0 Å². The molecule has 1 atom stereocenters. The summed E-state index contributed by atoms with van der Waals surface area (Å²) in [4.78, 5) is 0. The Hall–Kier alpha value is -0.370. The number of rotatable bonds is 5. The van der Waals surface area contributed by atoms with E-state index in [2.05, 4.69) is 28.1 Å². The van der Waals surface area contributed by atoms with Crippen molar-refractivity contribution in [3.63, 3.8) is 0 Å². The van der Waals surface area contributed by atoms with Gasteiger partial charge in [0, 0.05) is 0 Å². The largest absolute Gasteiger partial charge is 0.235 e. The van der Waals surface area contributed by atoms with Crippen molar-refractivity contribution in [2.24, 2.45) is 0 Å². The van der Waals surface area contributed by atoms with Crippen LogP contribution in [-0.4, -0.2) is 5.08 Å². The molecule has 0 radical (unpaired) electrons. The van der Waals surface area contributed by atoms with Gasteiger partial charge in [0.25, 0.3) is 0 Å². The van der Waals surface area contributed by atoms with Gasteiger partial charge in [-0.1, -0.05) is 46.3 Å². The lowest BCUT2D eigenvalue weighted by Crippen LogP contribution is -1.90. The van der Waals surface area contributed by atoms with Crippen LogP contribution in [0.5, 0.6) is 0 Å². The van der Waals surface area contributed by atoms with Crippen LogP contribution in [0, 0.1) is 0 Å².